The smallest absolute Gasteiger partial charge is 0.217 e. The topological polar surface area (TPSA) is 42.0 Å². The molecule has 3 nitrogen and oxygen atoms in total. The van der Waals surface area contributed by atoms with E-state index in [2.05, 4.69) is 22.8 Å². The zero-order valence-electron chi connectivity index (χ0n) is 12.5. The fourth-order valence-electron chi connectivity index (χ4n) is 2.15. The van der Waals surface area contributed by atoms with Crippen LogP contribution in [-0.2, 0) is 17.8 Å². The van der Waals surface area contributed by atoms with Crippen LogP contribution < -0.4 is 5.32 Å². The molecule has 1 amide bonds. The Labute approximate surface area is 148 Å². The number of nitrogens with zero attached hydrogens (tertiary/aromatic N) is 1. The van der Waals surface area contributed by atoms with Gasteiger partial charge in [0.2, 0.25) is 5.91 Å². The van der Waals surface area contributed by atoms with Gasteiger partial charge in [-0.1, -0.05) is 23.7 Å². The van der Waals surface area contributed by atoms with Crippen LogP contribution in [0.5, 0.6) is 0 Å². The molecule has 0 unspecified atom stereocenters. The molecule has 3 aromatic rings. The Morgan fingerprint density at radius 2 is 2.17 bits per heavy atom. The Hall–Kier alpha value is -1.69. The van der Waals surface area contributed by atoms with Crippen molar-refractivity contribution in [3.63, 3.8) is 0 Å². The summed E-state index contributed by atoms with van der Waals surface area (Å²) >= 11 is 9.34. The van der Waals surface area contributed by atoms with Gasteiger partial charge in [-0.15, -0.1) is 22.7 Å². The van der Waals surface area contributed by atoms with Gasteiger partial charge in [-0.25, -0.2) is 4.98 Å². The maximum atomic E-state index is 11.0. The van der Waals surface area contributed by atoms with Crippen molar-refractivity contribution in [1.29, 1.82) is 0 Å². The van der Waals surface area contributed by atoms with Gasteiger partial charge in [-0.05, 0) is 29.8 Å². The average Bonchev–Trinajstić information content (AvgIpc) is 3.14. The first kappa shape index (κ1) is 16.2. The van der Waals surface area contributed by atoms with Gasteiger partial charge in [-0.2, -0.15) is 0 Å². The number of thiazole rings is 1. The molecule has 0 radical (unpaired) electrons. The van der Waals surface area contributed by atoms with E-state index in [0.29, 0.717) is 6.54 Å². The number of hydrogen-bond acceptors (Lipinski definition) is 4. The van der Waals surface area contributed by atoms with E-state index in [1.165, 1.54) is 6.92 Å². The Morgan fingerprint density at radius 1 is 1.30 bits per heavy atom. The predicted octanol–water partition coefficient (Wildman–Crippen LogP) is 4.75. The van der Waals surface area contributed by atoms with E-state index < -0.39 is 0 Å². The van der Waals surface area contributed by atoms with Crippen LogP contribution >= 0.6 is 34.3 Å². The van der Waals surface area contributed by atoms with Gasteiger partial charge in [0.15, 0.2) is 0 Å². The largest absolute Gasteiger partial charge is 0.351 e. The minimum absolute atomic E-state index is 0.0163. The standard InChI is InChI=1S/C17H15ClN2OS2/c1-11(21)19-9-14-5-6-16(23-14)15-10-22-17(20-15)8-12-3-2-4-13(18)7-12/h2-7,10H,8-9H2,1H3,(H,19,21). The summed E-state index contributed by atoms with van der Waals surface area (Å²) in [4.78, 5) is 17.9. The lowest BCUT2D eigenvalue weighted by molar-refractivity contribution is -0.119. The minimum Gasteiger partial charge on any atom is -0.351 e. The number of hydrogen-bond donors (Lipinski definition) is 1. The normalized spacial score (nSPS) is 10.7. The van der Waals surface area contributed by atoms with Crippen LogP contribution in [0.3, 0.4) is 0 Å². The van der Waals surface area contributed by atoms with Gasteiger partial charge in [0, 0.05) is 28.6 Å². The molecule has 1 N–H and O–H groups in total. The van der Waals surface area contributed by atoms with Crippen LogP contribution in [0.1, 0.15) is 22.4 Å². The van der Waals surface area contributed by atoms with E-state index in [4.69, 9.17) is 16.6 Å². The summed E-state index contributed by atoms with van der Waals surface area (Å²) in [6.45, 7) is 2.09. The van der Waals surface area contributed by atoms with Crippen molar-refractivity contribution in [2.45, 2.75) is 19.9 Å². The highest BCUT2D eigenvalue weighted by molar-refractivity contribution is 7.16. The van der Waals surface area contributed by atoms with Crippen molar-refractivity contribution >= 4 is 40.2 Å². The monoisotopic (exact) mass is 362 g/mol. The predicted molar refractivity (Wildman–Crippen MR) is 97.2 cm³/mol. The number of nitrogens with one attached hydrogen (secondary N) is 1. The summed E-state index contributed by atoms with van der Waals surface area (Å²) in [6, 6.07) is 12.0. The maximum absolute atomic E-state index is 11.0. The molecule has 0 aliphatic heterocycles. The first-order valence-corrected chi connectivity index (χ1v) is 9.20. The summed E-state index contributed by atoms with van der Waals surface area (Å²) in [5, 5.41) is 6.71. The molecular weight excluding hydrogens is 348 g/mol. The van der Waals surface area contributed by atoms with Gasteiger partial charge in [0.25, 0.3) is 0 Å². The van der Waals surface area contributed by atoms with Crippen LogP contribution in [0.15, 0.2) is 41.8 Å². The zero-order chi connectivity index (χ0) is 16.2. The molecule has 0 aliphatic carbocycles. The highest BCUT2D eigenvalue weighted by atomic mass is 35.5. The summed E-state index contributed by atoms with van der Waals surface area (Å²) < 4.78 is 0. The Balaban J connectivity index is 1.70. The second-order valence-electron chi connectivity index (χ2n) is 5.11. The summed E-state index contributed by atoms with van der Waals surface area (Å²) in [5.74, 6) is -0.0163. The quantitative estimate of drug-likeness (QED) is 0.711. The highest BCUT2D eigenvalue weighted by Crippen LogP contribution is 2.30. The van der Waals surface area contributed by atoms with Gasteiger partial charge in [-0.3, -0.25) is 4.79 Å². The van der Waals surface area contributed by atoms with Gasteiger partial charge in [0.05, 0.1) is 22.1 Å². The van der Waals surface area contributed by atoms with Crippen molar-refractivity contribution in [2.24, 2.45) is 0 Å². The number of amides is 1. The molecule has 3 rings (SSSR count). The Morgan fingerprint density at radius 3 is 2.96 bits per heavy atom. The van der Waals surface area contributed by atoms with E-state index in [9.17, 15) is 4.79 Å². The zero-order valence-corrected chi connectivity index (χ0v) is 14.9. The minimum atomic E-state index is -0.0163. The lowest BCUT2D eigenvalue weighted by Crippen LogP contribution is -2.17. The number of rotatable bonds is 5. The third kappa shape index (κ3) is 4.41. The number of carbonyl (C=O) groups excluding carboxylic acids is 1. The average molecular weight is 363 g/mol. The third-order valence-corrected chi connectivity index (χ3v) is 5.41. The van der Waals surface area contributed by atoms with Crippen molar-refractivity contribution in [2.75, 3.05) is 0 Å². The molecule has 0 fully saturated rings. The molecule has 2 aromatic heterocycles. The first-order valence-electron chi connectivity index (χ1n) is 7.12. The second kappa shape index (κ2) is 7.25. The first-order chi connectivity index (χ1) is 11.1. The fraction of sp³-hybridized carbons (Fsp3) is 0.176. The molecule has 0 spiro atoms. The lowest BCUT2D eigenvalue weighted by atomic mass is 10.2. The van der Waals surface area contributed by atoms with Crippen molar-refractivity contribution in [3.8, 4) is 10.6 Å². The highest BCUT2D eigenvalue weighted by Gasteiger charge is 2.09. The summed E-state index contributed by atoms with van der Waals surface area (Å²) in [6.07, 6.45) is 0.787. The van der Waals surface area contributed by atoms with E-state index in [1.807, 2.05) is 24.3 Å². The van der Waals surface area contributed by atoms with Crippen LogP contribution in [0.25, 0.3) is 10.6 Å². The lowest BCUT2D eigenvalue weighted by Gasteiger charge is -1.98. The van der Waals surface area contributed by atoms with Crippen LogP contribution in [0, 0.1) is 0 Å². The molecule has 0 aliphatic rings. The Bertz CT molecular complexity index is 825. The fourth-order valence-corrected chi connectivity index (χ4v) is 4.17. The number of halogens is 1. The summed E-state index contributed by atoms with van der Waals surface area (Å²) in [7, 11) is 0. The molecule has 0 bridgehead atoms. The van der Waals surface area contributed by atoms with Crippen molar-refractivity contribution in [1.82, 2.24) is 10.3 Å². The maximum Gasteiger partial charge on any atom is 0.217 e. The van der Waals surface area contributed by atoms with E-state index >= 15 is 0 Å². The van der Waals surface area contributed by atoms with Crippen LogP contribution in [-0.4, -0.2) is 10.9 Å². The van der Waals surface area contributed by atoms with Gasteiger partial charge >= 0.3 is 0 Å². The van der Waals surface area contributed by atoms with Crippen molar-refractivity contribution in [3.05, 3.63) is 62.2 Å². The SMILES string of the molecule is CC(=O)NCc1ccc(-c2csc(Cc3cccc(Cl)c3)n2)s1. The molecule has 23 heavy (non-hydrogen) atoms. The van der Waals surface area contributed by atoms with Gasteiger partial charge < -0.3 is 5.32 Å². The molecule has 0 saturated heterocycles. The Kier molecular flexibility index (Phi) is 5.10. The number of benzene rings is 1. The van der Waals surface area contributed by atoms with E-state index in [1.54, 1.807) is 22.7 Å². The molecule has 1 aromatic carbocycles. The number of aromatic nitrogens is 1. The van der Waals surface area contributed by atoms with Crippen LogP contribution in [0.2, 0.25) is 5.02 Å². The molecule has 6 heteroatoms. The molecule has 0 atom stereocenters. The van der Waals surface area contributed by atoms with E-state index in [-0.39, 0.29) is 5.91 Å². The number of carbonyl (C=O) groups is 1. The summed E-state index contributed by atoms with van der Waals surface area (Å²) in [5.41, 5.74) is 2.15. The molecule has 2 heterocycles. The number of thiophene rings is 1. The molecular formula is C17H15ClN2OS2. The second-order valence-corrected chi connectivity index (χ2v) is 7.66. The van der Waals surface area contributed by atoms with Crippen LogP contribution in [0.4, 0.5) is 0 Å². The van der Waals surface area contributed by atoms with Crippen molar-refractivity contribution < 1.29 is 4.79 Å². The molecule has 0 saturated carbocycles. The molecule has 118 valence electrons. The van der Waals surface area contributed by atoms with E-state index in [0.717, 1.165) is 37.5 Å². The van der Waals surface area contributed by atoms with Gasteiger partial charge in [0.1, 0.15) is 0 Å². The third-order valence-electron chi connectivity index (χ3n) is 3.22.